The molecular weight excluding hydrogens is 539 g/mol. The third-order valence-corrected chi connectivity index (χ3v) is 7.39. The van der Waals surface area contributed by atoms with Gasteiger partial charge in [0.2, 0.25) is 0 Å². The van der Waals surface area contributed by atoms with Crippen molar-refractivity contribution in [3.8, 4) is 28.4 Å². The molecule has 4 aromatic rings. The van der Waals surface area contributed by atoms with Crippen molar-refractivity contribution in [2.75, 3.05) is 26.9 Å². The first-order valence-corrected chi connectivity index (χ1v) is 13.3. The van der Waals surface area contributed by atoms with Crippen molar-refractivity contribution in [3.63, 3.8) is 0 Å². The molecule has 0 aliphatic carbocycles. The lowest BCUT2D eigenvalue weighted by molar-refractivity contribution is -0.141. The summed E-state index contributed by atoms with van der Waals surface area (Å²) in [6, 6.07) is 8.48. The Hall–Kier alpha value is -4.48. The van der Waals surface area contributed by atoms with Gasteiger partial charge in [0.05, 0.1) is 38.2 Å². The molecule has 0 saturated heterocycles. The number of imidazole rings is 1. The van der Waals surface area contributed by atoms with Crippen LogP contribution in [0.15, 0.2) is 55.2 Å². The topological polar surface area (TPSA) is 83.6 Å². The van der Waals surface area contributed by atoms with Crippen LogP contribution < -0.4 is 14.2 Å². The zero-order valence-corrected chi connectivity index (χ0v) is 22.5. The van der Waals surface area contributed by atoms with Gasteiger partial charge in [-0.25, -0.2) is 4.98 Å². The van der Waals surface area contributed by atoms with E-state index in [0.29, 0.717) is 36.6 Å². The van der Waals surface area contributed by atoms with Crippen molar-refractivity contribution < 1.29 is 32.2 Å². The molecule has 4 heterocycles. The summed E-state index contributed by atoms with van der Waals surface area (Å²) in [7, 11) is 1.57. The molecule has 0 radical (unpaired) electrons. The third-order valence-electron chi connectivity index (χ3n) is 7.39. The molecule has 41 heavy (non-hydrogen) atoms. The fourth-order valence-electron chi connectivity index (χ4n) is 5.48. The number of ether oxygens (including phenoxy) is 3. The van der Waals surface area contributed by atoms with Crippen LogP contribution in [0.4, 0.5) is 13.2 Å². The summed E-state index contributed by atoms with van der Waals surface area (Å²) < 4.78 is 62.9. The number of amides is 1. The number of hydrogen-bond acceptors (Lipinski definition) is 6. The maximum absolute atomic E-state index is 14.3. The van der Waals surface area contributed by atoms with Crippen LogP contribution in [-0.2, 0) is 19.3 Å². The van der Waals surface area contributed by atoms with E-state index in [1.807, 2.05) is 12.1 Å². The number of hydrogen-bond donors (Lipinski definition) is 0. The highest BCUT2D eigenvalue weighted by atomic mass is 19.4. The third kappa shape index (κ3) is 4.98. The number of alkyl halides is 3. The predicted molar refractivity (Wildman–Crippen MR) is 142 cm³/mol. The molecule has 0 fully saturated rings. The van der Waals surface area contributed by atoms with E-state index in [1.54, 1.807) is 60.4 Å². The van der Waals surface area contributed by atoms with Gasteiger partial charge in [0.1, 0.15) is 23.9 Å². The quantitative estimate of drug-likeness (QED) is 0.319. The van der Waals surface area contributed by atoms with Gasteiger partial charge in [0.15, 0.2) is 5.69 Å². The second-order valence-corrected chi connectivity index (χ2v) is 9.90. The SMILES string of the molecule is CCn1cc(-c2cc(Cn3ccnc3)cc3c2OCCN([C@H]2CCOc4ccc(OC)cc42)C3=O)c(C(F)(F)F)n1. The maximum Gasteiger partial charge on any atom is 0.435 e. The number of aryl methyl sites for hydroxylation is 1. The van der Waals surface area contributed by atoms with Crippen LogP contribution in [0.2, 0.25) is 0 Å². The largest absolute Gasteiger partial charge is 0.497 e. The van der Waals surface area contributed by atoms with Crippen molar-refractivity contribution in [1.82, 2.24) is 24.2 Å². The number of nitrogens with zero attached hydrogens (tertiary/aromatic N) is 5. The van der Waals surface area contributed by atoms with E-state index in [0.717, 1.165) is 5.56 Å². The Kier molecular flexibility index (Phi) is 6.84. The van der Waals surface area contributed by atoms with Gasteiger partial charge in [-0.05, 0) is 42.8 Å². The van der Waals surface area contributed by atoms with Gasteiger partial charge in [0, 0.05) is 54.8 Å². The van der Waals surface area contributed by atoms with E-state index in [4.69, 9.17) is 14.2 Å². The van der Waals surface area contributed by atoms with E-state index >= 15 is 0 Å². The van der Waals surface area contributed by atoms with Crippen LogP contribution >= 0.6 is 0 Å². The first-order chi connectivity index (χ1) is 19.8. The molecule has 0 N–H and O–H groups in total. The Bertz CT molecular complexity index is 1580. The smallest absolute Gasteiger partial charge is 0.435 e. The zero-order chi connectivity index (χ0) is 28.7. The second-order valence-electron chi connectivity index (χ2n) is 9.90. The summed E-state index contributed by atoms with van der Waals surface area (Å²) in [4.78, 5) is 20.1. The lowest BCUT2D eigenvalue weighted by atomic mass is 9.95. The van der Waals surface area contributed by atoms with E-state index in [1.165, 1.54) is 10.9 Å². The van der Waals surface area contributed by atoms with Gasteiger partial charge in [-0.1, -0.05) is 0 Å². The lowest BCUT2D eigenvalue weighted by Gasteiger charge is -2.35. The molecule has 1 atom stereocenters. The molecule has 6 rings (SSSR count). The highest BCUT2D eigenvalue weighted by Gasteiger charge is 2.40. The van der Waals surface area contributed by atoms with Crippen molar-refractivity contribution in [3.05, 3.63) is 77.6 Å². The molecule has 0 unspecified atom stereocenters. The molecule has 2 aliphatic heterocycles. The first kappa shape index (κ1) is 26.7. The van der Waals surface area contributed by atoms with Crippen LogP contribution in [0.1, 0.15) is 46.6 Å². The standard InChI is InChI=1S/C29H28F3N5O4/c1-3-36-16-23(27(34-36)29(30,31)32)20-12-18(15-35-8-7-33-17-35)13-22-26(20)41-11-9-37(28(22)38)24-6-10-40-25-5-4-19(39-2)14-21(24)25/h4-5,7-8,12-14,16-17,24H,3,6,9-11,15H2,1-2H3/t24-/m0/s1. The average Bonchev–Trinajstić information content (AvgIpc) is 3.61. The van der Waals surface area contributed by atoms with Crippen LogP contribution in [0.5, 0.6) is 17.2 Å². The predicted octanol–water partition coefficient (Wildman–Crippen LogP) is 5.20. The van der Waals surface area contributed by atoms with Gasteiger partial charge in [-0.2, -0.15) is 18.3 Å². The van der Waals surface area contributed by atoms with Crippen LogP contribution in [0.25, 0.3) is 11.1 Å². The number of aromatic nitrogens is 4. The molecule has 9 nitrogen and oxygen atoms in total. The van der Waals surface area contributed by atoms with Gasteiger partial charge in [-0.15, -0.1) is 0 Å². The molecule has 0 bridgehead atoms. The summed E-state index contributed by atoms with van der Waals surface area (Å²) >= 11 is 0. The fourth-order valence-corrected chi connectivity index (χ4v) is 5.48. The highest BCUT2D eigenvalue weighted by molar-refractivity contribution is 6.00. The van der Waals surface area contributed by atoms with Crippen molar-refractivity contribution >= 4 is 5.91 Å². The molecule has 2 aromatic heterocycles. The summed E-state index contributed by atoms with van der Waals surface area (Å²) in [6.45, 7) is 3.02. The van der Waals surface area contributed by atoms with E-state index in [-0.39, 0.29) is 54.1 Å². The van der Waals surface area contributed by atoms with Gasteiger partial charge in [-0.3, -0.25) is 9.48 Å². The normalized spacial score (nSPS) is 16.9. The maximum atomic E-state index is 14.3. The van der Waals surface area contributed by atoms with Crippen LogP contribution in [0.3, 0.4) is 0 Å². The summed E-state index contributed by atoms with van der Waals surface area (Å²) in [5, 5.41) is 3.80. The number of methoxy groups -OCH3 is 1. The summed E-state index contributed by atoms with van der Waals surface area (Å²) in [5.74, 6) is 1.08. The van der Waals surface area contributed by atoms with E-state index in [2.05, 4.69) is 10.1 Å². The minimum atomic E-state index is -4.70. The molecule has 0 spiro atoms. The Morgan fingerprint density at radius 1 is 1.10 bits per heavy atom. The average molecular weight is 568 g/mol. The monoisotopic (exact) mass is 567 g/mol. The highest BCUT2D eigenvalue weighted by Crippen LogP contribution is 2.45. The molecule has 1 amide bonds. The Morgan fingerprint density at radius 3 is 2.66 bits per heavy atom. The van der Waals surface area contributed by atoms with Gasteiger partial charge in [0.25, 0.3) is 5.91 Å². The number of halogens is 3. The molecule has 2 aromatic carbocycles. The van der Waals surface area contributed by atoms with Crippen molar-refractivity contribution in [2.45, 2.75) is 38.7 Å². The van der Waals surface area contributed by atoms with Crippen LogP contribution in [0, 0.1) is 0 Å². The second kappa shape index (κ2) is 10.5. The number of carbonyl (C=O) groups excluding carboxylic acids is 1. The molecular formula is C29H28F3N5O4. The van der Waals surface area contributed by atoms with E-state index in [9.17, 15) is 18.0 Å². The van der Waals surface area contributed by atoms with Gasteiger partial charge < -0.3 is 23.7 Å². The number of rotatable bonds is 6. The van der Waals surface area contributed by atoms with E-state index < -0.39 is 11.9 Å². The number of benzene rings is 2. The fraction of sp³-hybridized carbons (Fsp3) is 0.345. The lowest BCUT2D eigenvalue weighted by Crippen LogP contribution is -2.38. The Morgan fingerprint density at radius 2 is 1.93 bits per heavy atom. The van der Waals surface area contributed by atoms with Crippen molar-refractivity contribution in [1.29, 1.82) is 0 Å². The zero-order valence-electron chi connectivity index (χ0n) is 22.5. The molecule has 12 heteroatoms. The summed E-state index contributed by atoms with van der Waals surface area (Å²) in [5.41, 5.74) is 0.652. The summed E-state index contributed by atoms with van der Waals surface area (Å²) in [6.07, 6.45) is 2.18. The number of fused-ring (bicyclic) bond motifs is 2. The van der Waals surface area contributed by atoms with Crippen LogP contribution in [-0.4, -0.2) is 57.0 Å². The molecule has 214 valence electrons. The Balaban J connectivity index is 1.50. The Labute approximate surface area is 234 Å². The molecule has 2 aliphatic rings. The first-order valence-electron chi connectivity index (χ1n) is 13.3. The number of carbonyl (C=O) groups is 1. The van der Waals surface area contributed by atoms with Crippen molar-refractivity contribution in [2.24, 2.45) is 0 Å². The molecule has 0 saturated carbocycles. The van der Waals surface area contributed by atoms with Gasteiger partial charge >= 0.3 is 6.18 Å². The minimum Gasteiger partial charge on any atom is -0.497 e. The minimum absolute atomic E-state index is 0.104.